The van der Waals surface area contributed by atoms with Crippen LogP contribution in [0.4, 0.5) is 11.4 Å². The Morgan fingerprint density at radius 3 is 2.71 bits per heavy atom. The molecule has 7 nitrogen and oxygen atoms in total. The molecule has 0 fully saturated rings. The number of nitrogens with zero attached hydrogens (tertiary/aromatic N) is 3. The number of nitro benzene ring substituents is 1. The van der Waals surface area contributed by atoms with Crippen molar-refractivity contribution < 1.29 is 14.8 Å². The second-order valence-electron chi connectivity index (χ2n) is 4.88. The molecule has 2 aromatic rings. The van der Waals surface area contributed by atoms with Crippen molar-refractivity contribution in [3.63, 3.8) is 0 Å². The number of anilines is 1. The van der Waals surface area contributed by atoms with Gasteiger partial charge in [0.15, 0.2) is 0 Å². The molecule has 1 aromatic carbocycles. The highest BCUT2D eigenvalue weighted by atomic mass is 16.6. The lowest BCUT2D eigenvalue weighted by Gasteiger charge is -2.28. The van der Waals surface area contributed by atoms with Gasteiger partial charge in [0.1, 0.15) is 12.1 Å². The Balaban J connectivity index is 2.66. The first-order valence-corrected chi connectivity index (χ1v) is 6.42. The summed E-state index contributed by atoms with van der Waals surface area (Å²) in [4.78, 5) is 27.4. The van der Waals surface area contributed by atoms with E-state index in [1.165, 1.54) is 12.3 Å². The lowest BCUT2D eigenvalue weighted by atomic mass is 10.1. The summed E-state index contributed by atoms with van der Waals surface area (Å²) in [6.45, 7) is 3.55. The maximum absolute atomic E-state index is 11.1. The van der Waals surface area contributed by atoms with Crippen LogP contribution in [0.25, 0.3) is 10.9 Å². The number of benzene rings is 1. The van der Waals surface area contributed by atoms with E-state index in [4.69, 9.17) is 5.11 Å². The van der Waals surface area contributed by atoms with Crippen LogP contribution in [0.1, 0.15) is 13.8 Å². The zero-order chi connectivity index (χ0) is 15.6. The molecular formula is C14H15N3O4. The maximum Gasteiger partial charge on any atom is 0.323 e. The molecule has 1 heterocycles. The van der Waals surface area contributed by atoms with Crippen molar-refractivity contribution in [3.8, 4) is 0 Å². The van der Waals surface area contributed by atoms with Gasteiger partial charge in [0.05, 0.1) is 4.92 Å². The summed E-state index contributed by atoms with van der Waals surface area (Å²) in [5.41, 5.74) is 0.797. The second kappa shape index (κ2) is 5.74. The van der Waals surface area contributed by atoms with Gasteiger partial charge in [-0.25, -0.2) is 4.98 Å². The number of nitro groups is 1. The molecule has 21 heavy (non-hydrogen) atoms. The summed E-state index contributed by atoms with van der Waals surface area (Å²) >= 11 is 0. The quantitative estimate of drug-likeness (QED) is 0.670. The predicted octanol–water partition coefficient (Wildman–Crippen LogP) is 2.44. The van der Waals surface area contributed by atoms with Gasteiger partial charge in [0.2, 0.25) is 0 Å². The highest BCUT2D eigenvalue weighted by molar-refractivity contribution is 5.97. The van der Waals surface area contributed by atoms with E-state index >= 15 is 0 Å². The molecule has 0 bridgehead atoms. The van der Waals surface area contributed by atoms with E-state index in [2.05, 4.69) is 4.98 Å². The van der Waals surface area contributed by atoms with Gasteiger partial charge in [-0.1, -0.05) is 12.1 Å². The van der Waals surface area contributed by atoms with Crippen LogP contribution in [0, 0.1) is 10.1 Å². The average molecular weight is 289 g/mol. The third-order valence-corrected chi connectivity index (χ3v) is 3.16. The van der Waals surface area contributed by atoms with Crippen LogP contribution in [0.5, 0.6) is 0 Å². The van der Waals surface area contributed by atoms with Crippen molar-refractivity contribution in [1.29, 1.82) is 0 Å². The van der Waals surface area contributed by atoms with Crippen molar-refractivity contribution in [2.24, 2.45) is 0 Å². The van der Waals surface area contributed by atoms with E-state index in [1.54, 1.807) is 23.1 Å². The van der Waals surface area contributed by atoms with Crippen LogP contribution in [0.2, 0.25) is 0 Å². The first-order chi connectivity index (χ1) is 9.91. The summed E-state index contributed by atoms with van der Waals surface area (Å²) in [5, 5.41) is 20.7. The minimum Gasteiger partial charge on any atom is -0.480 e. The van der Waals surface area contributed by atoms with Crippen LogP contribution in [0.3, 0.4) is 0 Å². The maximum atomic E-state index is 11.1. The number of pyridine rings is 1. The molecule has 110 valence electrons. The van der Waals surface area contributed by atoms with Crippen LogP contribution in [-0.2, 0) is 4.79 Å². The molecule has 0 aliphatic heterocycles. The van der Waals surface area contributed by atoms with Gasteiger partial charge in [-0.2, -0.15) is 0 Å². The standard InChI is InChI=1S/C14H15N3O4/c1-9(2)16(8-13(18)19)11-6-7-15-14-10(11)4-3-5-12(14)17(20)21/h3-7,9H,8H2,1-2H3,(H,18,19). The molecule has 7 heteroatoms. The van der Waals surface area contributed by atoms with Crippen LogP contribution < -0.4 is 4.90 Å². The van der Waals surface area contributed by atoms with Crippen molar-refractivity contribution in [2.75, 3.05) is 11.4 Å². The van der Waals surface area contributed by atoms with Gasteiger partial charge >= 0.3 is 5.97 Å². The van der Waals surface area contributed by atoms with Crippen molar-refractivity contribution in [3.05, 3.63) is 40.6 Å². The van der Waals surface area contributed by atoms with E-state index in [0.717, 1.165) is 0 Å². The number of aliphatic carboxylic acids is 1. The smallest absolute Gasteiger partial charge is 0.323 e. The summed E-state index contributed by atoms with van der Waals surface area (Å²) < 4.78 is 0. The van der Waals surface area contributed by atoms with Gasteiger partial charge in [-0.15, -0.1) is 0 Å². The zero-order valence-electron chi connectivity index (χ0n) is 11.7. The van der Waals surface area contributed by atoms with Crippen LogP contribution in [-0.4, -0.2) is 33.6 Å². The van der Waals surface area contributed by atoms with E-state index in [0.29, 0.717) is 11.1 Å². The fraction of sp³-hybridized carbons (Fsp3) is 0.286. The number of carboxylic acid groups (broad SMARTS) is 1. The van der Waals surface area contributed by atoms with Gasteiger partial charge in [-0.3, -0.25) is 14.9 Å². The lowest BCUT2D eigenvalue weighted by Crippen LogP contribution is -2.35. The Labute approximate surface area is 121 Å². The molecule has 0 saturated carbocycles. The average Bonchev–Trinajstić information content (AvgIpc) is 2.43. The zero-order valence-corrected chi connectivity index (χ0v) is 11.7. The highest BCUT2D eigenvalue weighted by Crippen LogP contribution is 2.31. The molecule has 1 aromatic heterocycles. The Bertz CT molecular complexity index is 700. The second-order valence-corrected chi connectivity index (χ2v) is 4.88. The summed E-state index contributed by atoms with van der Waals surface area (Å²) in [7, 11) is 0. The molecule has 0 aliphatic carbocycles. The number of para-hydroxylation sites is 1. The molecule has 1 N–H and O–H groups in total. The Morgan fingerprint density at radius 2 is 2.14 bits per heavy atom. The third kappa shape index (κ3) is 2.91. The molecule has 0 radical (unpaired) electrons. The van der Waals surface area contributed by atoms with Crippen molar-refractivity contribution >= 4 is 28.2 Å². The van der Waals surface area contributed by atoms with Gasteiger partial charge < -0.3 is 10.0 Å². The number of aromatic nitrogens is 1. The number of hydrogen-bond acceptors (Lipinski definition) is 5. The number of carbonyl (C=O) groups is 1. The number of non-ortho nitro benzene ring substituents is 1. The van der Waals surface area contributed by atoms with Crippen LogP contribution >= 0.6 is 0 Å². The molecular weight excluding hydrogens is 274 g/mol. The van der Waals surface area contributed by atoms with E-state index < -0.39 is 10.9 Å². The predicted molar refractivity (Wildman–Crippen MR) is 78.5 cm³/mol. The number of hydrogen-bond donors (Lipinski definition) is 1. The largest absolute Gasteiger partial charge is 0.480 e. The van der Waals surface area contributed by atoms with E-state index in [1.807, 2.05) is 13.8 Å². The minimum absolute atomic E-state index is 0.0639. The van der Waals surface area contributed by atoms with Crippen molar-refractivity contribution in [2.45, 2.75) is 19.9 Å². The Kier molecular flexibility index (Phi) is 4.02. The van der Waals surface area contributed by atoms with Crippen LogP contribution in [0.15, 0.2) is 30.5 Å². The van der Waals surface area contributed by atoms with E-state index in [9.17, 15) is 14.9 Å². The van der Waals surface area contributed by atoms with Gasteiger partial charge in [0, 0.05) is 29.4 Å². The van der Waals surface area contributed by atoms with Crippen molar-refractivity contribution in [1.82, 2.24) is 4.98 Å². The molecule has 0 atom stereocenters. The topological polar surface area (TPSA) is 96.6 Å². The third-order valence-electron chi connectivity index (χ3n) is 3.16. The highest BCUT2D eigenvalue weighted by Gasteiger charge is 2.20. The molecule has 0 amide bonds. The summed E-state index contributed by atoms with van der Waals surface area (Å²) in [6.07, 6.45) is 1.46. The van der Waals surface area contributed by atoms with E-state index in [-0.39, 0.29) is 23.8 Å². The SMILES string of the molecule is CC(C)N(CC(=O)O)c1ccnc2c([N+](=O)[O-])cccc12. The normalized spacial score (nSPS) is 10.8. The number of rotatable bonds is 5. The first-order valence-electron chi connectivity index (χ1n) is 6.42. The number of carboxylic acids is 1. The van der Waals surface area contributed by atoms with Gasteiger partial charge in [-0.05, 0) is 19.9 Å². The fourth-order valence-corrected chi connectivity index (χ4v) is 2.24. The lowest BCUT2D eigenvalue weighted by molar-refractivity contribution is -0.383. The summed E-state index contributed by atoms with van der Waals surface area (Å²) in [5.74, 6) is -0.959. The monoisotopic (exact) mass is 289 g/mol. The number of fused-ring (bicyclic) bond motifs is 1. The minimum atomic E-state index is -0.959. The molecule has 0 unspecified atom stereocenters. The molecule has 0 spiro atoms. The molecule has 0 saturated heterocycles. The first kappa shape index (κ1) is 14.7. The Morgan fingerprint density at radius 1 is 1.43 bits per heavy atom. The molecule has 2 rings (SSSR count). The van der Waals surface area contributed by atoms with Gasteiger partial charge in [0.25, 0.3) is 5.69 Å². The fourth-order valence-electron chi connectivity index (χ4n) is 2.24. The summed E-state index contributed by atoms with van der Waals surface area (Å²) in [6, 6.07) is 6.28. The Hall–Kier alpha value is -2.70. The molecule has 0 aliphatic rings.